The lowest BCUT2D eigenvalue weighted by Gasteiger charge is -1.96. The van der Waals surface area contributed by atoms with Crippen molar-refractivity contribution in [2.45, 2.75) is 0 Å². The number of hydrogen-bond acceptors (Lipinski definition) is 3. The van der Waals surface area contributed by atoms with Crippen LogP contribution < -0.4 is 5.63 Å². The number of benzene rings is 2. The number of thiophene rings is 1. The number of fused-ring (bicyclic) bond motifs is 5. The highest BCUT2D eigenvalue weighted by Gasteiger charge is 2.09. The molecule has 0 atom stereocenters. The quantitative estimate of drug-likeness (QED) is 0.440. The first-order chi connectivity index (χ1) is 8.83. The van der Waals surface area contributed by atoms with E-state index in [1.165, 1.54) is 16.2 Å². The third-order valence-electron chi connectivity index (χ3n) is 3.13. The molecular weight excluding hydrogens is 244 g/mol. The molecule has 0 unspecified atom stereocenters. The average molecular weight is 252 g/mol. The lowest BCUT2D eigenvalue weighted by atomic mass is 10.1. The molecule has 0 radical (unpaired) electrons. The molecule has 0 saturated heterocycles. The summed E-state index contributed by atoms with van der Waals surface area (Å²) in [5, 5.41) is 3.33. The Balaban J connectivity index is 2.34. The van der Waals surface area contributed by atoms with Gasteiger partial charge >= 0.3 is 5.63 Å². The van der Waals surface area contributed by atoms with Crippen molar-refractivity contribution in [1.29, 1.82) is 0 Å². The molecule has 2 aromatic carbocycles. The van der Waals surface area contributed by atoms with Gasteiger partial charge in [0.15, 0.2) is 5.58 Å². The van der Waals surface area contributed by atoms with Crippen LogP contribution in [0.25, 0.3) is 31.1 Å². The van der Waals surface area contributed by atoms with Gasteiger partial charge in [-0.3, -0.25) is 0 Å². The lowest BCUT2D eigenvalue weighted by molar-refractivity contribution is 0.564. The lowest BCUT2D eigenvalue weighted by Crippen LogP contribution is -1.93. The summed E-state index contributed by atoms with van der Waals surface area (Å²) in [6.07, 6.45) is 0. The summed E-state index contributed by atoms with van der Waals surface area (Å²) in [5.41, 5.74) is 0.397. The van der Waals surface area contributed by atoms with Crippen LogP contribution in [0.2, 0.25) is 0 Å². The predicted molar refractivity (Wildman–Crippen MR) is 75.4 cm³/mol. The zero-order valence-corrected chi connectivity index (χ0v) is 10.2. The summed E-state index contributed by atoms with van der Waals surface area (Å²) in [5.74, 6) is 0. The monoisotopic (exact) mass is 252 g/mol. The van der Waals surface area contributed by atoms with Gasteiger partial charge in [0.05, 0.1) is 4.70 Å². The highest BCUT2D eigenvalue weighted by atomic mass is 32.1. The smallest absolute Gasteiger partial charge is 0.336 e. The Hall–Kier alpha value is -2.13. The highest BCUT2D eigenvalue weighted by Crippen LogP contribution is 2.37. The maximum absolute atomic E-state index is 11.4. The van der Waals surface area contributed by atoms with Gasteiger partial charge < -0.3 is 4.42 Å². The highest BCUT2D eigenvalue weighted by molar-refractivity contribution is 7.26. The molecule has 2 nitrogen and oxygen atoms in total. The fraction of sp³-hybridized carbons (Fsp3) is 0. The van der Waals surface area contributed by atoms with E-state index < -0.39 is 0 Å². The van der Waals surface area contributed by atoms with Gasteiger partial charge in [-0.1, -0.05) is 30.3 Å². The van der Waals surface area contributed by atoms with E-state index in [4.69, 9.17) is 4.42 Å². The fourth-order valence-electron chi connectivity index (χ4n) is 2.31. The Labute approximate surface area is 106 Å². The van der Waals surface area contributed by atoms with E-state index in [0.29, 0.717) is 5.58 Å². The molecule has 0 saturated carbocycles. The summed E-state index contributed by atoms with van der Waals surface area (Å²) in [6.45, 7) is 0. The second kappa shape index (κ2) is 3.43. The Kier molecular flexibility index (Phi) is 1.88. The molecule has 0 bridgehead atoms. The van der Waals surface area contributed by atoms with Crippen LogP contribution in [-0.4, -0.2) is 0 Å². The van der Waals surface area contributed by atoms with Crippen LogP contribution in [-0.2, 0) is 0 Å². The van der Waals surface area contributed by atoms with Gasteiger partial charge in [0.25, 0.3) is 0 Å². The molecule has 0 fully saturated rings. The first-order valence-corrected chi connectivity index (χ1v) is 6.49. The van der Waals surface area contributed by atoms with E-state index >= 15 is 0 Å². The number of rotatable bonds is 0. The topological polar surface area (TPSA) is 30.2 Å². The van der Waals surface area contributed by atoms with E-state index in [1.807, 2.05) is 24.3 Å². The summed E-state index contributed by atoms with van der Waals surface area (Å²) >= 11 is 1.67. The fourth-order valence-corrected chi connectivity index (χ4v) is 3.50. The molecular formula is C15H8O2S. The van der Waals surface area contributed by atoms with E-state index in [0.717, 1.165) is 15.5 Å². The standard InChI is InChI=1S/C15H8O2S/c16-13-8-6-9-5-7-11-10-3-1-2-4-12(10)18-15(11)14(9)17-13/h1-8H. The largest absolute Gasteiger partial charge is 0.421 e. The third kappa shape index (κ3) is 1.25. The Morgan fingerprint density at radius 1 is 0.889 bits per heavy atom. The van der Waals surface area contributed by atoms with Crippen LogP contribution in [0.5, 0.6) is 0 Å². The van der Waals surface area contributed by atoms with Gasteiger partial charge in [-0.2, -0.15) is 0 Å². The van der Waals surface area contributed by atoms with Crippen LogP contribution in [0.4, 0.5) is 0 Å². The van der Waals surface area contributed by atoms with Crippen LogP contribution in [0, 0.1) is 0 Å². The van der Waals surface area contributed by atoms with Crippen molar-refractivity contribution < 1.29 is 4.42 Å². The van der Waals surface area contributed by atoms with Crippen LogP contribution in [0.3, 0.4) is 0 Å². The average Bonchev–Trinajstić information content (AvgIpc) is 2.78. The van der Waals surface area contributed by atoms with Crippen molar-refractivity contribution in [1.82, 2.24) is 0 Å². The third-order valence-corrected chi connectivity index (χ3v) is 4.32. The molecule has 0 aliphatic carbocycles. The summed E-state index contributed by atoms with van der Waals surface area (Å²) in [6, 6.07) is 15.6. The zero-order valence-electron chi connectivity index (χ0n) is 9.34. The molecule has 86 valence electrons. The molecule has 2 aromatic heterocycles. The maximum atomic E-state index is 11.4. The molecule has 0 N–H and O–H groups in total. The van der Waals surface area contributed by atoms with Gasteiger partial charge in [-0.25, -0.2) is 4.79 Å². The molecule has 0 spiro atoms. The van der Waals surface area contributed by atoms with Crippen molar-refractivity contribution in [3.63, 3.8) is 0 Å². The molecule has 0 aliphatic rings. The van der Waals surface area contributed by atoms with Gasteiger partial charge in [0.1, 0.15) is 0 Å². The van der Waals surface area contributed by atoms with Crippen molar-refractivity contribution in [3.8, 4) is 0 Å². The van der Waals surface area contributed by atoms with Gasteiger partial charge in [0, 0.05) is 26.9 Å². The molecule has 18 heavy (non-hydrogen) atoms. The second-order valence-electron chi connectivity index (χ2n) is 4.21. The second-order valence-corrected chi connectivity index (χ2v) is 5.27. The molecule has 4 rings (SSSR count). The summed E-state index contributed by atoms with van der Waals surface area (Å²) in [7, 11) is 0. The van der Waals surface area contributed by atoms with E-state index in [-0.39, 0.29) is 5.63 Å². The van der Waals surface area contributed by atoms with Crippen LogP contribution in [0.1, 0.15) is 0 Å². The minimum absolute atomic E-state index is 0.299. The van der Waals surface area contributed by atoms with E-state index in [1.54, 1.807) is 11.3 Å². The van der Waals surface area contributed by atoms with Gasteiger partial charge in [-0.05, 0) is 12.1 Å². The predicted octanol–water partition coefficient (Wildman–Crippen LogP) is 4.16. The minimum Gasteiger partial charge on any atom is -0.421 e. The van der Waals surface area contributed by atoms with Gasteiger partial charge in [-0.15, -0.1) is 11.3 Å². The molecule has 0 amide bonds. The molecule has 0 aliphatic heterocycles. The molecule has 3 heteroatoms. The Bertz CT molecular complexity index is 947. The summed E-state index contributed by atoms with van der Waals surface area (Å²) < 4.78 is 7.62. The van der Waals surface area contributed by atoms with Crippen LogP contribution in [0.15, 0.2) is 57.7 Å². The van der Waals surface area contributed by atoms with Crippen molar-refractivity contribution in [3.05, 3.63) is 59.0 Å². The van der Waals surface area contributed by atoms with Crippen molar-refractivity contribution in [2.75, 3.05) is 0 Å². The van der Waals surface area contributed by atoms with Gasteiger partial charge in [0.2, 0.25) is 0 Å². The van der Waals surface area contributed by atoms with Crippen LogP contribution >= 0.6 is 11.3 Å². The molecule has 2 heterocycles. The first-order valence-electron chi connectivity index (χ1n) is 5.67. The minimum atomic E-state index is -0.299. The normalized spacial score (nSPS) is 11.6. The Morgan fingerprint density at radius 2 is 1.72 bits per heavy atom. The summed E-state index contributed by atoms with van der Waals surface area (Å²) in [4.78, 5) is 11.4. The SMILES string of the molecule is O=c1ccc2ccc3c4ccccc4sc3c2o1. The first kappa shape index (κ1) is 9.85. The zero-order chi connectivity index (χ0) is 12.1. The van der Waals surface area contributed by atoms with Crippen molar-refractivity contribution in [2.24, 2.45) is 0 Å². The Morgan fingerprint density at radius 3 is 2.67 bits per heavy atom. The number of hydrogen-bond donors (Lipinski definition) is 0. The van der Waals surface area contributed by atoms with E-state index in [9.17, 15) is 4.79 Å². The molecule has 4 aromatic rings. The van der Waals surface area contributed by atoms with E-state index in [2.05, 4.69) is 18.2 Å². The van der Waals surface area contributed by atoms with Crippen molar-refractivity contribution >= 4 is 42.5 Å². The maximum Gasteiger partial charge on any atom is 0.336 e.